The predicted molar refractivity (Wildman–Crippen MR) is 159 cm³/mol. The maximum absolute atomic E-state index is 12.3. The molecule has 4 unspecified atom stereocenters. The highest BCUT2D eigenvalue weighted by molar-refractivity contribution is 5.81. The number of carbonyl (C=O) groups excluding carboxylic acids is 1. The van der Waals surface area contributed by atoms with Gasteiger partial charge in [-0.05, 0) is 57.8 Å². The van der Waals surface area contributed by atoms with Crippen LogP contribution >= 0.6 is 0 Å². The first-order valence-corrected chi connectivity index (χ1v) is 15.0. The van der Waals surface area contributed by atoms with E-state index in [4.69, 9.17) is 0 Å². The van der Waals surface area contributed by atoms with Gasteiger partial charge in [0.15, 0.2) is 0 Å². The molecule has 6 heteroatoms. The number of unbranched alkanes of at least 4 members (excludes halogenated alkanes) is 9. The second-order valence-corrected chi connectivity index (χ2v) is 10.1. The van der Waals surface area contributed by atoms with Crippen LogP contribution < -0.4 is 5.32 Å². The molecule has 0 aromatic carbocycles. The average Bonchev–Trinajstić information content (AvgIpc) is 2.92. The number of rotatable bonds is 25. The summed E-state index contributed by atoms with van der Waals surface area (Å²) in [5, 5.41) is 42.9. The third-order valence-corrected chi connectivity index (χ3v) is 6.48. The summed E-state index contributed by atoms with van der Waals surface area (Å²) in [7, 11) is 0. The second kappa shape index (κ2) is 26.9. The van der Waals surface area contributed by atoms with Crippen molar-refractivity contribution in [3.05, 3.63) is 48.6 Å². The molecular formula is C32H57NO5. The van der Waals surface area contributed by atoms with Crippen LogP contribution in [0.1, 0.15) is 117 Å². The standard InChI is InChI=1S/C32H57NO5/c1-3-5-7-9-11-13-15-16-18-20-22-24-26-30(36)32(38)33-28(27-34)31(37)29(35)25-23-21-19-17-14-12-10-8-6-4-2/h8,10,16-19,22,24,28-31,34-37H,3-7,9,11-15,20-21,23,25-27H2,1-2H3,(H,33,38)/b10-8+,18-16-,19-17+,24-22-. The van der Waals surface area contributed by atoms with E-state index in [-0.39, 0.29) is 6.42 Å². The molecular weight excluding hydrogens is 478 g/mol. The van der Waals surface area contributed by atoms with E-state index in [1.807, 2.05) is 6.08 Å². The molecule has 0 aliphatic carbocycles. The van der Waals surface area contributed by atoms with Gasteiger partial charge in [0.2, 0.25) is 5.91 Å². The van der Waals surface area contributed by atoms with Crippen molar-refractivity contribution in [3.63, 3.8) is 0 Å². The van der Waals surface area contributed by atoms with Gasteiger partial charge in [-0.2, -0.15) is 0 Å². The van der Waals surface area contributed by atoms with Gasteiger partial charge >= 0.3 is 0 Å². The first-order valence-electron chi connectivity index (χ1n) is 15.0. The Morgan fingerprint density at radius 2 is 1.26 bits per heavy atom. The first kappa shape index (κ1) is 36.3. The Morgan fingerprint density at radius 1 is 0.684 bits per heavy atom. The Hall–Kier alpha value is -1.73. The van der Waals surface area contributed by atoms with Crippen molar-refractivity contribution >= 4 is 5.91 Å². The number of hydrogen-bond donors (Lipinski definition) is 5. The van der Waals surface area contributed by atoms with Crippen LogP contribution in [0.3, 0.4) is 0 Å². The third kappa shape index (κ3) is 21.2. The van der Waals surface area contributed by atoms with E-state index in [1.165, 1.54) is 38.5 Å². The summed E-state index contributed by atoms with van der Waals surface area (Å²) < 4.78 is 0. The second-order valence-electron chi connectivity index (χ2n) is 10.1. The Morgan fingerprint density at radius 3 is 1.95 bits per heavy atom. The molecule has 0 bridgehead atoms. The van der Waals surface area contributed by atoms with E-state index in [0.717, 1.165) is 44.9 Å². The number of allylic oxidation sites excluding steroid dienone is 7. The molecule has 0 aromatic heterocycles. The van der Waals surface area contributed by atoms with E-state index < -0.39 is 36.9 Å². The average molecular weight is 536 g/mol. The number of hydrogen-bond acceptors (Lipinski definition) is 5. The molecule has 220 valence electrons. The molecule has 0 saturated heterocycles. The lowest BCUT2D eigenvalue weighted by molar-refractivity contribution is -0.132. The van der Waals surface area contributed by atoms with Gasteiger partial charge in [0.05, 0.1) is 18.8 Å². The molecule has 0 aromatic rings. The lowest BCUT2D eigenvalue weighted by Gasteiger charge is -2.27. The van der Waals surface area contributed by atoms with Gasteiger partial charge in [-0.1, -0.05) is 101 Å². The van der Waals surface area contributed by atoms with Crippen molar-refractivity contribution < 1.29 is 25.2 Å². The first-order chi connectivity index (χ1) is 18.5. The van der Waals surface area contributed by atoms with Gasteiger partial charge < -0.3 is 25.7 Å². The summed E-state index contributed by atoms with van der Waals surface area (Å²) in [5.41, 5.74) is 0. The number of amides is 1. The summed E-state index contributed by atoms with van der Waals surface area (Å²) >= 11 is 0. The Bertz CT molecular complexity index is 658. The highest BCUT2D eigenvalue weighted by Crippen LogP contribution is 2.11. The molecule has 38 heavy (non-hydrogen) atoms. The van der Waals surface area contributed by atoms with Crippen molar-refractivity contribution in [2.75, 3.05) is 6.61 Å². The molecule has 0 heterocycles. The largest absolute Gasteiger partial charge is 0.394 e. The predicted octanol–water partition coefficient (Wildman–Crippen LogP) is 6.05. The van der Waals surface area contributed by atoms with E-state index in [9.17, 15) is 25.2 Å². The molecule has 1 amide bonds. The Kier molecular flexibility index (Phi) is 25.6. The fraction of sp³-hybridized carbons (Fsp3) is 0.719. The van der Waals surface area contributed by atoms with Gasteiger partial charge in [-0.3, -0.25) is 4.79 Å². The minimum absolute atomic E-state index is 0.147. The summed E-state index contributed by atoms with van der Waals surface area (Å²) in [5.74, 6) is -0.672. The van der Waals surface area contributed by atoms with Crippen LogP contribution in [0.15, 0.2) is 48.6 Å². The molecule has 0 fully saturated rings. The van der Waals surface area contributed by atoms with E-state index in [1.54, 1.807) is 6.08 Å². The lowest BCUT2D eigenvalue weighted by Crippen LogP contribution is -2.52. The van der Waals surface area contributed by atoms with Gasteiger partial charge in [-0.15, -0.1) is 0 Å². The zero-order valence-electron chi connectivity index (χ0n) is 24.1. The van der Waals surface area contributed by atoms with Crippen molar-refractivity contribution in [1.82, 2.24) is 5.32 Å². The number of carbonyl (C=O) groups is 1. The molecule has 0 aliphatic heterocycles. The normalized spacial score (nSPS) is 15.6. The van der Waals surface area contributed by atoms with Crippen LogP contribution in [0.25, 0.3) is 0 Å². The van der Waals surface area contributed by atoms with Crippen molar-refractivity contribution in [3.8, 4) is 0 Å². The van der Waals surface area contributed by atoms with Crippen LogP contribution in [0, 0.1) is 0 Å². The van der Waals surface area contributed by atoms with Crippen LogP contribution in [-0.2, 0) is 4.79 Å². The van der Waals surface area contributed by atoms with Crippen LogP contribution in [-0.4, -0.2) is 57.3 Å². The third-order valence-electron chi connectivity index (χ3n) is 6.48. The maximum atomic E-state index is 12.3. The molecule has 0 saturated carbocycles. The minimum Gasteiger partial charge on any atom is -0.394 e. The zero-order chi connectivity index (χ0) is 28.3. The van der Waals surface area contributed by atoms with Gasteiger partial charge in [0.1, 0.15) is 12.2 Å². The molecule has 6 nitrogen and oxygen atoms in total. The highest BCUT2D eigenvalue weighted by Gasteiger charge is 2.28. The Balaban J connectivity index is 4.13. The smallest absolute Gasteiger partial charge is 0.249 e. The van der Waals surface area contributed by atoms with Gasteiger partial charge in [0, 0.05) is 6.42 Å². The maximum Gasteiger partial charge on any atom is 0.249 e. The number of aliphatic hydroxyl groups excluding tert-OH is 4. The van der Waals surface area contributed by atoms with Crippen molar-refractivity contribution in [2.24, 2.45) is 0 Å². The lowest BCUT2D eigenvalue weighted by atomic mass is 10.0. The highest BCUT2D eigenvalue weighted by atomic mass is 16.3. The van der Waals surface area contributed by atoms with Crippen molar-refractivity contribution in [2.45, 2.75) is 141 Å². The van der Waals surface area contributed by atoms with Crippen molar-refractivity contribution in [1.29, 1.82) is 0 Å². The minimum atomic E-state index is -1.31. The van der Waals surface area contributed by atoms with Gasteiger partial charge in [0.25, 0.3) is 0 Å². The molecule has 0 rings (SSSR count). The van der Waals surface area contributed by atoms with Crippen LogP contribution in [0.5, 0.6) is 0 Å². The fourth-order valence-electron chi connectivity index (χ4n) is 4.00. The summed E-state index contributed by atoms with van der Waals surface area (Å²) in [6.45, 7) is 3.86. The van der Waals surface area contributed by atoms with E-state index >= 15 is 0 Å². The monoisotopic (exact) mass is 535 g/mol. The summed E-state index contributed by atoms with van der Waals surface area (Å²) in [4.78, 5) is 12.3. The summed E-state index contributed by atoms with van der Waals surface area (Å²) in [6, 6.07) is -1.04. The molecule has 0 spiro atoms. The van der Waals surface area contributed by atoms with Gasteiger partial charge in [-0.25, -0.2) is 0 Å². The molecule has 0 aliphatic rings. The molecule has 4 atom stereocenters. The van der Waals surface area contributed by atoms with E-state index in [2.05, 4.69) is 55.6 Å². The quantitative estimate of drug-likeness (QED) is 0.0722. The van der Waals surface area contributed by atoms with Crippen LogP contribution in [0.2, 0.25) is 0 Å². The zero-order valence-corrected chi connectivity index (χ0v) is 24.1. The Labute approximate surface area is 232 Å². The molecule has 5 N–H and O–H groups in total. The van der Waals surface area contributed by atoms with E-state index in [0.29, 0.717) is 12.8 Å². The molecule has 0 radical (unpaired) electrons. The SMILES string of the molecule is CCC/C=C/CC/C=C/CCCC(O)C(O)C(CO)NC(=O)C(O)C/C=C\C/C=C\CCCCCCCC. The summed E-state index contributed by atoms with van der Waals surface area (Å²) in [6.07, 6.45) is 28.7. The number of aliphatic hydroxyl groups is 4. The van der Waals surface area contributed by atoms with Crippen LogP contribution in [0.4, 0.5) is 0 Å². The topological polar surface area (TPSA) is 110 Å². The number of nitrogens with one attached hydrogen (secondary N) is 1. The fourth-order valence-corrected chi connectivity index (χ4v) is 4.00.